The summed E-state index contributed by atoms with van der Waals surface area (Å²) in [7, 11) is 4.90. The zero-order valence-electron chi connectivity index (χ0n) is 12.2. The first-order valence-electron chi connectivity index (χ1n) is 6.43. The first kappa shape index (κ1) is 15.4. The van der Waals surface area contributed by atoms with Crippen molar-refractivity contribution in [2.45, 2.75) is 25.8 Å². The molecule has 0 spiro atoms. The lowest BCUT2D eigenvalue weighted by Crippen LogP contribution is -2.25. The molecular weight excluding hydrogens is 244 g/mol. The van der Waals surface area contributed by atoms with Gasteiger partial charge in [0.2, 0.25) is 0 Å². The van der Waals surface area contributed by atoms with Gasteiger partial charge < -0.3 is 25.3 Å². The molecular formula is C14H24N2O3. The van der Waals surface area contributed by atoms with Crippen molar-refractivity contribution in [1.82, 2.24) is 0 Å². The van der Waals surface area contributed by atoms with Gasteiger partial charge in [-0.1, -0.05) is 13.3 Å². The summed E-state index contributed by atoms with van der Waals surface area (Å²) < 4.78 is 15.7. The molecule has 1 atom stereocenters. The quantitative estimate of drug-likeness (QED) is 0.709. The molecule has 0 aliphatic heterocycles. The van der Waals surface area contributed by atoms with E-state index in [1.54, 1.807) is 27.4 Å². The molecule has 0 heterocycles. The number of anilines is 2. The highest BCUT2D eigenvalue weighted by molar-refractivity contribution is 5.72. The zero-order valence-corrected chi connectivity index (χ0v) is 12.2. The Bertz CT molecular complexity index is 391. The van der Waals surface area contributed by atoms with Crippen LogP contribution in [0, 0.1) is 0 Å². The van der Waals surface area contributed by atoms with E-state index >= 15 is 0 Å². The molecule has 0 bridgehead atoms. The maximum atomic E-state index is 6.02. The van der Waals surface area contributed by atoms with Crippen LogP contribution in [0.25, 0.3) is 0 Å². The van der Waals surface area contributed by atoms with Gasteiger partial charge in [-0.2, -0.15) is 0 Å². The van der Waals surface area contributed by atoms with Crippen LogP contribution < -0.4 is 20.5 Å². The number of benzene rings is 1. The Kier molecular flexibility index (Phi) is 6.29. The van der Waals surface area contributed by atoms with Crippen molar-refractivity contribution < 1.29 is 14.2 Å². The Morgan fingerprint density at radius 3 is 2.32 bits per heavy atom. The van der Waals surface area contributed by atoms with E-state index in [0.717, 1.165) is 18.5 Å². The van der Waals surface area contributed by atoms with Gasteiger partial charge in [0.25, 0.3) is 0 Å². The van der Waals surface area contributed by atoms with Gasteiger partial charge in [-0.15, -0.1) is 0 Å². The molecule has 5 heteroatoms. The van der Waals surface area contributed by atoms with E-state index in [-0.39, 0.29) is 6.04 Å². The van der Waals surface area contributed by atoms with Crippen LogP contribution in [0.2, 0.25) is 0 Å². The van der Waals surface area contributed by atoms with Crippen molar-refractivity contribution in [2.24, 2.45) is 0 Å². The lowest BCUT2D eigenvalue weighted by molar-refractivity contribution is 0.182. The Morgan fingerprint density at radius 2 is 1.79 bits per heavy atom. The van der Waals surface area contributed by atoms with Crippen molar-refractivity contribution in [3.05, 3.63) is 12.1 Å². The number of hydrogen-bond donors (Lipinski definition) is 2. The number of rotatable bonds is 8. The van der Waals surface area contributed by atoms with E-state index in [0.29, 0.717) is 23.8 Å². The van der Waals surface area contributed by atoms with Gasteiger partial charge in [-0.3, -0.25) is 0 Å². The van der Waals surface area contributed by atoms with Crippen LogP contribution in [0.4, 0.5) is 11.4 Å². The molecule has 0 aliphatic carbocycles. The molecule has 19 heavy (non-hydrogen) atoms. The topological polar surface area (TPSA) is 65.7 Å². The van der Waals surface area contributed by atoms with Crippen LogP contribution in [0.3, 0.4) is 0 Å². The summed E-state index contributed by atoms with van der Waals surface area (Å²) in [5.74, 6) is 1.29. The maximum Gasteiger partial charge on any atom is 0.162 e. The lowest BCUT2D eigenvalue weighted by atomic mass is 10.1. The van der Waals surface area contributed by atoms with E-state index in [2.05, 4.69) is 12.2 Å². The smallest absolute Gasteiger partial charge is 0.162 e. The zero-order chi connectivity index (χ0) is 14.3. The molecule has 0 fully saturated rings. The van der Waals surface area contributed by atoms with Crippen LogP contribution in [-0.2, 0) is 4.74 Å². The third-order valence-electron chi connectivity index (χ3n) is 2.92. The van der Waals surface area contributed by atoms with Crippen molar-refractivity contribution >= 4 is 11.4 Å². The number of nitrogen functional groups attached to an aromatic ring is 1. The van der Waals surface area contributed by atoms with Crippen LogP contribution >= 0.6 is 0 Å². The minimum atomic E-state index is 0.232. The highest BCUT2D eigenvalue weighted by Gasteiger charge is 2.13. The average molecular weight is 268 g/mol. The lowest BCUT2D eigenvalue weighted by Gasteiger charge is -2.21. The summed E-state index contributed by atoms with van der Waals surface area (Å²) in [4.78, 5) is 0. The molecule has 0 aliphatic rings. The normalized spacial score (nSPS) is 12.0. The highest BCUT2D eigenvalue weighted by atomic mass is 16.5. The molecule has 0 aromatic heterocycles. The predicted octanol–water partition coefficient (Wildman–Crippen LogP) is 2.51. The van der Waals surface area contributed by atoms with Crippen molar-refractivity contribution in [2.75, 3.05) is 39.0 Å². The third kappa shape index (κ3) is 4.21. The molecule has 3 N–H and O–H groups in total. The Balaban J connectivity index is 2.92. The summed E-state index contributed by atoms with van der Waals surface area (Å²) in [6, 6.07) is 3.85. The summed E-state index contributed by atoms with van der Waals surface area (Å²) in [5.41, 5.74) is 7.50. The van der Waals surface area contributed by atoms with Gasteiger partial charge in [0, 0.05) is 25.3 Å². The molecule has 0 amide bonds. The second-order valence-electron chi connectivity index (χ2n) is 4.38. The standard InChI is InChI=1S/C14H24N2O3/c1-5-6-10(9-17-2)16-12-8-14(19-4)13(18-3)7-11(12)15/h7-8,10,16H,5-6,9,15H2,1-4H3. The second kappa shape index (κ2) is 7.74. The first-order chi connectivity index (χ1) is 9.15. The second-order valence-corrected chi connectivity index (χ2v) is 4.38. The predicted molar refractivity (Wildman–Crippen MR) is 78.2 cm³/mol. The largest absolute Gasteiger partial charge is 0.493 e. The number of hydrogen-bond acceptors (Lipinski definition) is 5. The first-order valence-corrected chi connectivity index (χ1v) is 6.43. The van der Waals surface area contributed by atoms with Crippen molar-refractivity contribution in [3.8, 4) is 11.5 Å². The number of methoxy groups -OCH3 is 3. The molecule has 0 saturated carbocycles. The van der Waals surface area contributed by atoms with Crippen molar-refractivity contribution in [3.63, 3.8) is 0 Å². The SMILES string of the molecule is CCCC(COC)Nc1cc(OC)c(OC)cc1N. The Hall–Kier alpha value is -1.62. The summed E-state index contributed by atoms with van der Waals surface area (Å²) in [6.45, 7) is 2.78. The minimum Gasteiger partial charge on any atom is -0.493 e. The van der Waals surface area contributed by atoms with Gasteiger partial charge >= 0.3 is 0 Å². The van der Waals surface area contributed by atoms with Gasteiger partial charge in [-0.25, -0.2) is 0 Å². The number of nitrogens with one attached hydrogen (secondary N) is 1. The molecule has 0 radical (unpaired) electrons. The van der Waals surface area contributed by atoms with E-state index in [1.807, 2.05) is 6.07 Å². The minimum absolute atomic E-state index is 0.232. The van der Waals surface area contributed by atoms with Crippen LogP contribution in [0.5, 0.6) is 11.5 Å². The summed E-state index contributed by atoms with van der Waals surface area (Å²) in [6.07, 6.45) is 2.09. The molecule has 1 aromatic carbocycles. The third-order valence-corrected chi connectivity index (χ3v) is 2.92. The fraction of sp³-hybridized carbons (Fsp3) is 0.571. The van der Waals surface area contributed by atoms with Crippen LogP contribution in [0.15, 0.2) is 12.1 Å². The molecule has 1 unspecified atom stereocenters. The summed E-state index contributed by atoms with van der Waals surface area (Å²) >= 11 is 0. The fourth-order valence-corrected chi connectivity index (χ4v) is 1.99. The average Bonchev–Trinajstić information content (AvgIpc) is 2.41. The molecule has 1 aromatic rings. The number of nitrogens with two attached hydrogens (primary N) is 1. The summed E-state index contributed by atoms with van der Waals surface area (Å²) in [5, 5.41) is 3.39. The number of ether oxygens (including phenoxy) is 3. The van der Waals surface area contributed by atoms with E-state index < -0.39 is 0 Å². The van der Waals surface area contributed by atoms with Crippen molar-refractivity contribution in [1.29, 1.82) is 0 Å². The van der Waals surface area contributed by atoms with E-state index in [9.17, 15) is 0 Å². The molecule has 1 rings (SSSR count). The molecule has 5 nitrogen and oxygen atoms in total. The Morgan fingerprint density at radius 1 is 1.16 bits per heavy atom. The fourth-order valence-electron chi connectivity index (χ4n) is 1.99. The molecule has 108 valence electrons. The van der Waals surface area contributed by atoms with Gasteiger partial charge in [0.05, 0.1) is 32.2 Å². The molecule has 0 saturated heterocycles. The highest BCUT2D eigenvalue weighted by Crippen LogP contribution is 2.35. The monoisotopic (exact) mass is 268 g/mol. The maximum absolute atomic E-state index is 6.02. The van der Waals surface area contributed by atoms with E-state index in [4.69, 9.17) is 19.9 Å². The van der Waals surface area contributed by atoms with E-state index in [1.165, 1.54) is 0 Å². The van der Waals surface area contributed by atoms with Gasteiger partial charge in [0.1, 0.15) is 0 Å². The Labute approximate surface area is 115 Å². The van der Waals surface area contributed by atoms with Crippen LogP contribution in [0.1, 0.15) is 19.8 Å². The van der Waals surface area contributed by atoms with Gasteiger partial charge in [-0.05, 0) is 6.42 Å². The van der Waals surface area contributed by atoms with Crippen LogP contribution in [-0.4, -0.2) is 34.0 Å². The van der Waals surface area contributed by atoms with Gasteiger partial charge in [0.15, 0.2) is 11.5 Å².